The SMILES string of the molecule is CC1(C(=O)NCc2ccccc2)CCC(=O)N1Cc1ccccc1Cl. The van der Waals surface area contributed by atoms with Gasteiger partial charge in [-0.15, -0.1) is 0 Å². The van der Waals surface area contributed by atoms with Gasteiger partial charge in [0.2, 0.25) is 11.8 Å². The highest BCUT2D eigenvalue weighted by molar-refractivity contribution is 6.31. The van der Waals surface area contributed by atoms with E-state index in [0.29, 0.717) is 31.0 Å². The molecule has 2 aromatic rings. The molecule has 1 heterocycles. The molecule has 5 heteroatoms. The number of amides is 2. The first kappa shape index (κ1) is 17.5. The fourth-order valence-electron chi connectivity index (χ4n) is 3.16. The number of likely N-dealkylation sites (tertiary alicyclic amines) is 1. The number of halogens is 1. The maximum Gasteiger partial charge on any atom is 0.245 e. The van der Waals surface area contributed by atoms with E-state index in [1.54, 1.807) is 11.0 Å². The monoisotopic (exact) mass is 356 g/mol. The molecule has 0 aromatic heterocycles. The highest BCUT2D eigenvalue weighted by Crippen LogP contribution is 2.33. The zero-order valence-electron chi connectivity index (χ0n) is 14.2. The molecular formula is C20H21ClN2O2. The van der Waals surface area contributed by atoms with Crippen LogP contribution in [-0.2, 0) is 22.7 Å². The molecule has 0 saturated carbocycles. The molecule has 0 spiro atoms. The molecule has 2 amide bonds. The Morgan fingerprint density at radius 1 is 1.16 bits per heavy atom. The Balaban J connectivity index is 1.74. The Hall–Kier alpha value is -2.33. The highest BCUT2D eigenvalue weighted by Gasteiger charge is 2.47. The van der Waals surface area contributed by atoms with Crippen molar-refractivity contribution in [1.29, 1.82) is 0 Å². The Labute approximate surface area is 152 Å². The maximum atomic E-state index is 12.8. The van der Waals surface area contributed by atoms with Crippen LogP contribution in [0.15, 0.2) is 54.6 Å². The van der Waals surface area contributed by atoms with Gasteiger partial charge in [-0.1, -0.05) is 60.1 Å². The Morgan fingerprint density at radius 2 is 1.84 bits per heavy atom. The molecule has 1 N–H and O–H groups in total. The molecular weight excluding hydrogens is 336 g/mol. The van der Waals surface area contributed by atoms with Crippen molar-refractivity contribution >= 4 is 23.4 Å². The zero-order valence-corrected chi connectivity index (χ0v) is 14.9. The third-order valence-corrected chi connectivity index (χ3v) is 5.16. The molecule has 1 aliphatic heterocycles. The Morgan fingerprint density at radius 3 is 2.56 bits per heavy atom. The predicted molar refractivity (Wildman–Crippen MR) is 97.9 cm³/mol. The first-order chi connectivity index (χ1) is 12.0. The summed E-state index contributed by atoms with van der Waals surface area (Å²) < 4.78 is 0. The van der Waals surface area contributed by atoms with E-state index < -0.39 is 5.54 Å². The molecule has 1 saturated heterocycles. The topological polar surface area (TPSA) is 49.4 Å². The number of rotatable bonds is 5. The molecule has 4 nitrogen and oxygen atoms in total. The fourth-order valence-corrected chi connectivity index (χ4v) is 3.36. The Kier molecular flexibility index (Phi) is 5.09. The van der Waals surface area contributed by atoms with Crippen molar-refractivity contribution in [3.05, 3.63) is 70.7 Å². The van der Waals surface area contributed by atoms with Crippen molar-refractivity contribution in [3.8, 4) is 0 Å². The van der Waals surface area contributed by atoms with Crippen molar-refractivity contribution in [2.45, 2.75) is 38.4 Å². The molecule has 2 aromatic carbocycles. The molecule has 1 fully saturated rings. The van der Waals surface area contributed by atoms with Crippen LogP contribution in [0, 0.1) is 0 Å². The first-order valence-corrected chi connectivity index (χ1v) is 8.74. The number of nitrogens with one attached hydrogen (secondary N) is 1. The average molecular weight is 357 g/mol. The minimum absolute atomic E-state index is 0.0164. The zero-order chi connectivity index (χ0) is 17.9. The van der Waals surface area contributed by atoms with Gasteiger partial charge in [0.15, 0.2) is 0 Å². The average Bonchev–Trinajstić information content (AvgIpc) is 2.92. The van der Waals surface area contributed by atoms with Crippen LogP contribution in [0.1, 0.15) is 30.9 Å². The van der Waals surface area contributed by atoms with E-state index in [1.165, 1.54) is 0 Å². The molecule has 25 heavy (non-hydrogen) atoms. The predicted octanol–water partition coefficient (Wildman–Crippen LogP) is 3.54. The lowest BCUT2D eigenvalue weighted by Gasteiger charge is -2.34. The summed E-state index contributed by atoms with van der Waals surface area (Å²) in [6.07, 6.45) is 0.886. The second-order valence-corrected chi connectivity index (χ2v) is 6.92. The van der Waals surface area contributed by atoms with E-state index in [9.17, 15) is 9.59 Å². The van der Waals surface area contributed by atoms with Crippen molar-refractivity contribution < 1.29 is 9.59 Å². The van der Waals surface area contributed by atoms with Gasteiger partial charge < -0.3 is 10.2 Å². The maximum absolute atomic E-state index is 12.8. The van der Waals surface area contributed by atoms with E-state index in [-0.39, 0.29) is 11.8 Å². The van der Waals surface area contributed by atoms with Gasteiger partial charge in [-0.05, 0) is 30.5 Å². The smallest absolute Gasteiger partial charge is 0.245 e. The minimum Gasteiger partial charge on any atom is -0.350 e. The lowest BCUT2D eigenvalue weighted by molar-refractivity contribution is -0.141. The van der Waals surface area contributed by atoms with Gasteiger partial charge >= 0.3 is 0 Å². The minimum atomic E-state index is -0.856. The summed E-state index contributed by atoms with van der Waals surface area (Å²) in [5, 5.41) is 3.57. The largest absolute Gasteiger partial charge is 0.350 e. The quantitative estimate of drug-likeness (QED) is 0.890. The Bertz CT molecular complexity index is 778. The van der Waals surface area contributed by atoms with Crippen LogP contribution < -0.4 is 5.32 Å². The number of carbonyl (C=O) groups is 2. The summed E-state index contributed by atoms with van der Waals surface area (Å²) >= 11 is 6.23. The molecule has 130 valence electrons. The lowest BCUT2D eigenvalue weighted by atomic mass is 9.97. The number of benzene rings is 2. The van der Waals surface area contributed by atoms with Gasteiger partial charge in [0, 0.05) is 24.5 Å². The second-order valence-electron chi connectivity index (χ2n) is 6.51. The molecule has 1 atom stereocenters. The van der Waals surface area contributed by atoms with Gasteiger partial charge in [0.05, 0.1) is 0 Å². The van der Waals surface area contributed by atoms with Gasteiger partial charge in [0.1, 0.15) is 5.54 Å². The lowest BCUT2D eigenvalue weighted by Crippen LogP contribution is -2.53. The highest BCUT2D eigenvalue weighted by atomic mass is 35.5. The molecule has 1 unspecified atom stereocenters. The van der Waals surface area contributed by atoms with Crippen molar-refractivity contribution in [2.75, 3.05) is 0 Å². The van der Waals surface area contributed by atoms with Gasteiger partial charge in [-0.3, -0.25) is 9.59 Å². The normalized spacial score (nSPS) is 19.9. The van der Waals surface area contributed by atoms with Gasteiger partial charge in [-0.25, -0.2) is 0 Å². The molecule has 1 aliphatic rings. The van der Waals surface area contributed by atoms with Crippen LogP contribution in [0.4, 0.5) is 0 Å². The van der Waals surface area contributed by atoms with Crippen LogP contribution in [-0.4, -0.2) is 22.3 Å². The van der Waals surface area contributed by atoms with Crippen molar-refractivity contribution in [2.24, 2.45) is 0 Å². The van der Waals surface area contributed by atoms with Crippen LogP contribution >= 0.6 is 11.6 Å². The number of hydrogen-bond donors (Lipinski definition) is 1. The van der Waals surface area contributed by atoms with E-state index in [1.807, 2.05) is 55.5 Å². The summed E-state index contributed by atoms with van der Waals surface area (Å²) in [6, 6.07) is 17.2. The number of nitrogens with zero attached hydrogens (tertiary/aromatic N) is 1. The summed E-state index contributed by atoms with van der Waals surface area (Å²) in [6.45, 7) is 2.62. The molecule has 0 radical (unpaired) electrons. The van der Waals surface area contributed by atoms with Crippen LogP contribution in [0.25, 0.3) is 0 Å². The summed E-state index contributed by atoms with van der Waals surface area (Å²) in [5.41, 5.74) is 1.02. The van der Waals surface area contributed by atoms with Crippen molar-refractivity contribution in [3.63, 3.8) is 0 Å². The van der Waals surface area contributed by atoms with E-state index in [4.69, 9.17) is 11.6 Å². The van der Waals surface area contributed by atoms with E-state index >= 15 is 0 Å². The van der Waals surface area contributed by atoms with Crippen LogP contribution in [0.3, 0.4) is 0 Å². The number of hydrogen-bond acceptors (Lipinski definition) is 2. The van der Waals surface area contributed by atoms with E-state index in [2.05, 4.69) is 5.32 Å². The van der Waals surface area contributed by atoms with Crippen LogP contribution in [0.5, 0.6) is 0 Å². The van der Waals surface area contributed by atoms with Crippen LogP contribution in [0.2, 0.25) is 5.02 Å². The summed E-state index contributed by atoms with van der Waals surface area (Å²) in [7, 11) is 0. The standard InChI is InChI=1S/C20H21ClN2O2/c1-20(19(25)22-13-15-7-3-2-4-8-15)12-11-18(24)23(20)14-16-9-5-6-10-17(16)21/h2-10H,11-14H2,1H3,(H,22,25). The van der Waals surface area contributed by atoms with Crippen molar-refractivity contribution in [1.82, 2.24) is 10.2 Å². The third-order valence-electron chi connectivity index (χ3n) is 4.79. The molecule has 0 bridgehead atoms. The summed E-state index contributed by atoms with van der Waals surface area (Å²) in [5.74, 6) is -0.147. The fraction of sp³-hybridized carbons (Fsp3) is 0.300. The first-order valence-electron chi connectivity index (χ1n) is 8.37. The third kappa shape index (κ3) is 3.69. The van der Waals surface area contributed by atoms with Gasteiger partial charge in [-0.2, -0.15) is 0 Å². The number of carbonyl (C=O) groups excluding carboxylic acids is 2. The van der Waals surface area contributed by atoms with E-state index in [0.717, 1.165) is 11.1 Å². The summed E-state index contributed by atoms with van der Waals surface area (Å²) in [4.78, 5) is 26.9. The second kappa shape index (κ2) is 7.28. The molecule has 3 rings (SSSR count). The molecule has 0 aliphatic carbocycles. The van der Waals surface area contributed by atoms with Gasteiger partial charge in [0.25, 0.3) is 0 Å².